The first-order valence-electron chi connectivity index (χ1n) is 14.8. The zero-order chi connectivity index (χ0) is 32.9. The van der Waals surface area contributed by atoms with Crippen LogP contribution in [-0.4, -0.2) is 4.21 Å². The Morgan fingerprint density at radius 2 is 0.458 bits per heavy atom. The molecule has 246 valence electrons. The molecule has 0 heterocycles. The van der Waals surface area contributed by atoms with Crippen molar-refractivity contribution in [3.05, 3.63) is 182 Å². The molecule has 0 saturated heterocycles. The predicted molar refractivity (Wildman–Crippen MR) is 189 cm³/mol. The monoisotopic (exact) mass is 702 g/mol. The van der Waals surface area contributed by atoms with Crippen LogP contribution >= 0.6 is 16.3 Å². The fraction of sp³-hybridized carbons (Fsp3) is 0. The Morgan fingerprint density at radius 1 is 0.292 bits per heavy atom. The molecule has 12 heteroatoms. The standard InChI is InChI=1S/C36H32O9P2S/c37-48(44-46(38-31-19-7-1-8-20-31,39-32-21-9-2-10-22-32)40-33-23-11-3-12-24-33)45-47(41-34-25-13-4-14-26-34,42-35-27-15-5-16-28-35)43-36-29-17-6-18-30-36/h1-30,46-47H. The molecule has 48 heavy (non-hydrogen) atoms. The van der Waals surface area contributed by atoms with Gasteiger partial charge in [-0.3, -0.25) is 0 Å². The van der Waals surface area contributed by atoms with Crippen molar-refractivity contribution in [2.45, 2.75) is 0 Å². The summed E-state index contributed by atoms with van der Waals surface area (Å²) in [4.78, 5) is 0. The molecule has 0 saturated carbocycles. The molecule has 6 aromatic carbocycles. The first kappa shape index (κ1) is 33.0. The number of hydrogen-bond acceptors (Lipinski definition) is 9. The zero-order valence-electron chi connectivity index (χ0n) is 25.4. The molecule has 0 radical (unpaired) electrons. The zero-order valence-corrected chi connectivity index (χ0v) is 28.2. The first-order chi connectivity index (χ1) is 23.6. The summed E-state index contributed by atoms with van der Waals surface area (Å²) in [5, 5.41) is 0. The maximum absolute atomic E-state index is 14.3. The third-order valence-corrected chi connectivity index (χ3v) is 11.9. The predicted octanol–water partition coefficient (Wildman–Crippen LogP) is 9.89. The van der Waals surface area contributed by atoms with E-state index in [0.717, 1.165) is 0 Å². The van der Waals surface area contributed by atoms with E-state index in [1.54, 1.807) is 146 Å². The summed E-state index contributed by atoms with van der Waals surface area (Å²) in [5.41, 5.74) is 0. The number of rotatable bonds is 16. The van der Waals surface area contributed by atoms with Crippen LogP contribution in [0.2, 0.25) is 0 Å². The molecule has 0 aliphatic carbocycles. The van der Waals surface area contributed by atoms with Crippen LogP contribution in [0.15, 0.2) is 182 Å². The summed E-state index contributed by atoms with van der Waals surface area (Å²) < 4.78 is 64.6. The van der Waals surface area contributed by atoms with Gasteiger partial charge in [0.1, 0.15) is 0 Å². The van der Waals surface area contributed by atoms with Crippen LogP contribution in [0, 0.1) is 0 Å². The van der Waals surface area contributed by atoms with Crippen molar-refractivity contribution in [3.8, 4) is 34.5 Å². The van der Waals surface area contributed by atoms with E-state index in [1.807, 2.05) is 36.4 Å². The number of benzene rings is 6. The molecule has 0 aliphatic heterocycles. The third kappa shape index (κ3) is 9.55. The van der Waals surface area contributed by atoms with Gasteiger partial charge >= 0.3 is 283 Å². The fourth-order valence-corrected chi connectivity index (χ4v) is 9.60. The summed E-state index contributed by atoms with van der Waals surface area (Å²) >= 11 is -2.73. The van der Waals surface area contributed by atoms with Crippen molar-refractivity contribution in [1.82, 2.24) is 0 Å². The Bertz CT molecular complexity index is 1500. The van der Waals surface area contributed by atoms with Gasteiger partial charge in [0, 0.05) is 0 Å². The molecule has 6 aromatic rings. The average molecular weight is 703 g/mol. The first-order valence-corrected chi connectivity index (χ1v) is 19.1. The quantitative estimate of drug-likeness (QED) is 0.0914. The van der Waals surface area contributed by atoms with E-state index < -0.39 is 27.7 Å². The second kappa shape index (κ2) is 16.2. The maximum atomic E-state index is 14.3. The average Bonchev–Trinajstić information content (AvgIpc) is 3.11. The minimum atomic E-state index is -4.53. The molecular weight excluding hydrogens is 670 g/mol. The molecule has 0 atom stereocenters. The second-order valence-corrected chi connectivity index (χ2v) is 14.8. The van der Waals surface area contributed by atoms with Gasteiger partial charge < -0.3 is 0 Å². The van der Waals surface area contributed by atoms with Gasteiger partial charge in [-0.25, -0.2) is 0 Å². The molecule has 0 N–H and O–H groups in total. The van der Waals surface area contributed by atoms with Crippen molar-refractivity contribution in [2.24, 2.45) is 0 Å². The summed E-state index contributed by atoms with van der Waals surface area (Å²) in [6, 6.07) is 52.7. The van der Waals surface area contributed by atoms with Crippen molar-refractivity contribution >= 4 is 27.7 Å². The topological polar surface area (TPSA) is 90.9 Å². The summed E-state index contributed by atoms with van der Waals surface area (Å²) in [6.45, 7) is 0. The van der Waals surface area contributed by atoms with E-state index >= 15 is 0 Å². The molecule has 0 amide bonds. The van der Waals surface area contributed by atoms with Crippen molar-refractivity contribution in [1.29, 1.82) is 0 Å². The Hall–Kier alpha value is -4.95. The molecular formula is C36H32O9P2S. The fourth-order valence-electron chi connectivity index (χ4n) is 4.21. The van der Waals surface area contributed by atoms with Crippen LogP contribution in [0.3, 0.4) is 0 Å². The minimum absolute atomic E-state index is 0.346. The summed E-state index contributed by atoms with van der Waals surface area (Å²) in [7, 11) is -9.05. The molecule has 0 aromatic heterocycles. The van der Waals surface area contributed by atoms with E-state index in [0.29, 0.717) is 34.5 Å². The molecule has 9 nitrogen and oxygen atoms in total. The van der Waals surface area contributed by atoms with Gasteiger partial charge in [0.25, 0.3) is 0 Å². The van der Waals surface area contributed by atoms with Gasteiger partial charge in [-0.1, -0.05) is 0 Å². The Labute approximate surface area is 282 Å². The molecule has 0 spiro atoms. The third-order valence-electron chi connectivity index (χ3n) is 6.26. The van der Waals surface area contributed by atoms with Crippen LogP contribution in [-0.2, 0) is 19.3 Å². The Morgan fingerprint density at radius 3 is 0.625 bits per heavy atom. The molecule has 0 bridgehead atoms. The normalized spacial score (nSPS) is 12.6. The van der Waals surface area contributed by atoms with Gasteiger partial charge in [0.15, 0.2) is 0 Å². The van der Waals surface area contributed by atoms with E-state index in [9.17, 15) is 4.21 Å². The van der Waals surface area contributed by atoms with E-state index in [4.69, 9.17) is 35.1 Å². The Balaban J connectivity index is 1.41. The Kier molecular flexibility index (Phi) is 11.2. The molecule has 6 rings (SSSR count). The van der Waals surface area contributed by atoms with Gasteiger partial charge in [-0.05, 0) is 0 Å². The van der Waals surface area contributed by atoms with E-state index in [-0.39, 0.29) is 0 Å². The second-order valence-electron chi connectivity index (χ2n) is 9.86. The van der Waals surface area contributed by atoms with Gasteiger partial charge in [0.05, 0.1) is 0 Å². The van der Waals surface area contributed by atoms with Gasteiger partial charge in [-0.15, -0.1) is 0 Å². The van der Waals surface area contributed by atoms with Crippen LogP contribution in [0.25, 0.3) is 0 Å². The SMILES string of the molecule is O=S(O[PH](Oc1ccccc1)(Oc1ccccc1)Oc1ccccc1)O[PH](Oc1ccccc1)(Oc1ccccc1)Oc1ccccc1. The van der Waals surface area contributed by atoms with Crippen molar-refractivity contribution in [2.75, 3.05) is 0 Å². The molecule has 0 fully saturated rings. The van der Waals surface area contributed by atoms with Gasteiger partial charge in [0.2, 0.25) is 0 Å². The van der Waals surface area contributed by atoms with Crippen molar-refractivity contribution in [3.63, 3.8) is 0 Å². The number of hydrogen-bond donors (Lipinski definition) is 0. The van der Waals surface area contributed by atoms with Crippen LogP contribution < -0.4 is 27.1 Å². The van der Waals surface area contributed by atoms with Gasteiger partial charge in [-0.2, -0.15) is 0 Å². The van der Waals surface area contributed by atoms with E-state index in [1.165, 1.54) is 0 Å². The summed E-state index contributed by atoms with van der Waals surface area (Å²) in [5.74, 6) is 2.07. The van der Waals surface area contributed by atoms with E-state index in [2.05, 4.69) is 0 Å². The van der Waals surface area contributed by atoms with Crippen LogP contribution in [0.4, 0.5) is 0 Å². The molecule has 0 aliphatic rings. The summed E-state index contributed by atoms with van der Waals surface area (Å²) in [6.07, 6.45) is 0. The van der Waals surface area contributed by atoms with Crippen molar-refractivity contribution < 1.29 is 39.3 Å². The van der Waals surface area contributed by atoms with Crippen LogP contribution in [0.5, 0.6) is 34.5 Å². The molecule has 0 unspecified atom stereocenters. The number of para-hydroxylation sites is 6. The van der Waals surface area contributed by atoms with Crippen LogP contribution in [0.1, 0.15) is 0 Å².